The van der Waals surface area contributed by atoms with Crippen molar-refractivity contribution in [1.82, 2.24) is 25.0 Å². The molecule has 190 valence electrons. The van der Waals surface area contributed by atoms with Crippen molar-refractivity contribution >= 4 is 0 Å². The van der Waals surface area contributed by atoms with Crippen LogP contribution in [0.25, 0.3) is 22.6 Å². The number of halogens is 2. The lowest BCUT2D eigenvalue weighted by Gasteiger charge is -2.37. The number of aliphatic hydroxyl groups excluding tert-OH is 1. The third-order valence-corrected chi connectivity index (χ3v) is 8.50. The third kappa shape index (κ3) is 3.45. The maximum atomic E-state index is 14.5. The Morgan fingerprint density at radius 1 is 1.03 bits per heavy atom. The van der Waals surface area contributed by atoms with Crippen LogP contribution in [0.4, 0.5) is 8.78 Å². The van der Waals surface area contributed by atoms with E-state index in [0.717, 1.165) is 41.2 Å². The molecule has 3 aromatic heterocycles. The van der Waals surface area contributed by atoms with Crippen LogP contribution in [0, 0.1) is 23.0 Å². The Labute approximate surface area is 214 Å². The number of fused-ring (bicyclic) bond motifs is 5. The molecule has 3 heterocycles. The van der Waals surface area contributed by atoms with Crippen LogP contribution in [0.3, 0.4) is 0 Å². The number of pyridine rings is 1. The summed E-state index contributed by atoms with van der Waals surface area (Å²) < 4.78 is 30.9. The van der Waals surface area contributed by atoms with Crippen molar-refractivity contribution in [3.8, 4) is 22.6 Å². The average molecular weight is 502 g/mol. The molecule has 0 amide bonds. The van der Waals surface area contributed by atoms with E-state index in [2.05, 4.69) is 29.1 Å². The summed E-state index contributed by atoms with van der Waals surface area (Å²) in [6.07, 6.45) is 3.71. The zero-order valence-corrected chi connectivity index (χ0v) is 21.1. The van der Waals surface area contributed by atoms with Crippen molar-refractivity contribution in [3.05, 3.63) is 83.3 Å². The molecule has 0 unspecified atom stereocenters. The molecular formula is C29H29F2N5O. The van der Waals surface area contributed by atoms with Gasteiger partial charge in [0.1, 0.15) is 17.3 Å². The summed E-state index contributed by atoms with van der Waals surface area (Å²) in [5, 5.41) is 23.0. The molecule has 1 aromatic carbocycles. The van der Waals surface area contributed by atoms with Crippen molar-refractivity contribution in [1.29, 1.82) is 0 Å². The Balaban J connectivity index is 1.43. The maximum absolute atomic E-state index is 14.5. The average Bonchev–Trinajstić information content (AvgIpc) is 3.51. The fraction of sp³-hybridized carbons (Fsp3) is 0.379. The van der Waals surface area contributed by atoms with Gasteiger partial charge in [0, 0.05) is 19.3 Å². The molecule has 8 heteroatoms. The van der Waals surface area contributed by atoms with E-state index in [1.165, 1.54) is 18.2 Å². The molecule has 1 saturated carbocycles. The van der Waals surface area contributed by atoms with E-state index in [4.69, 9.17) is 4.98 Å². The fourth-order valence-electron chi connectivity index (χ4n) is 6.55. The lowest BCUT2D eigenvalue weighted by molar-refractivity contribution is 0.219. The smallest absolute Gasteiger partial charge is 0.135 e. The molecule has 2 bridgehead atoms. The zero-order valence-electron chi connectivity index (χ0n) is 21.1. The van der Waals surface area contributed by atoms with Crippen LogP contribution in [0.2, 0.25) is 0 Å². The Kier molecular flexibility index (Phi) is 5.49. The summed E-state index contributed by atoms with van der Waals surface area (Å²) >= 11 is 0. The van der Waals surface area contributed by atoms with Gasteiger partial charge in [-0.3, -0.25) is 9.67 Å². The van der Waals surface area contributed by atoms with Crippen LogP contribution >= 0.6 is 0 Å². The van der Waals surface area contributed by atoms with Crippen LogP contribution < -0.4 is 0 Å². The molecule has 0 aliphatic heterocycles. The molecule has 2 aliphatic rings. The van der Waals surface area contributed by atoms with Gasteiger partial charge in [-0.25, -0.2) is 8.78 Å². The number of hydrogen-bond donors (Lipinski definition) is 1. The highest BCUT2D eigenvalue weighted by Crippen LogP contribution is 2.69. The quantitative estimate of drug-likeness (QED) is 0.377. The molecule has 6 nitrogen and oxygen atoms in total. The second-order valence-corrected chi connectivity index (χ2v) is 11.0. The molecule has 6 rings (SSSR count). The largest absolute Gasteiger partial charge is 0.396 e. The summed E-state index contributed by atoms with van der Waals surface area (Å²) in [7, 11) is 0. The van der Waals surface area contributed by atoms with Gasteiger partial charge >= 0.3 is 0 Å². The van der Waals surface area contributed by atoms with E-state index in [-0.39, 0.29) is 35.1 Å². The Hall–Kier alpha value is -3.52. The SMILES string of the molecule is C[C@H](CO)Cn1ccc(-c2cccc([C@@]34CC[C@@H](c5cc(-c6c(F)cccc6F)nnc53)C4(C)C)n2)n1. The van der Waals surface area contributed by atoms with Crippen molar-refractivity contribution in [2.45, 2.75) is 51.5 Å². The minimum Gasteiger partial charge on any atom is -0.396 e. The highest BCUT2D eigenvalue weighted by atomic mass is 19.1. The summed E-state index contributed by atoms with van der Waals surface area (Å²) in [4.78, 5) is 5.10. The molecule has 0 saturated heterocycles. The number of aromatic nitrogens is 5. The first kappa shape index (κ1) is 23.9. The first-order valence-electron chi connectivity index (χ1n) is 12.7. The van der Waals surface area contributed by atoms with Gasteiger partial charge in [0.15, 0.2) is 0 Å². The predicted octanol–water partition coefficient (Wildman–Crippen LogP) is 5.51. The van der Waals surface area contributed by atoms with Gasteiger partial charge in [0.05, 0.1) is 33.8 Å². The van der Waals surface area contributed by atoms with E-state index < -0.39 is 17.0 Å². The zero-order chi connectivity index (χ0) is 25.9. The number of nitrogens with zero attached hydrogens (tertiary/aromatic N) is 5. The van der Waals surface area contributed by atoms with Crippen molar-refractivity contribution in [2.75, 3.05) is 6.61 Å². The Morgan fingerprint density at radius 3 is 2.54 bits per heavy atom. The summed E-state index contributed by atoms with van der Waals surface area (Å²) in [5.74, 6) is -1.00. The fourth-order valence-corrected chi connectivity index (χ4v) is 6.55. The summed E-state index contributed by atoms with van der Waals surface area (Å²) in [6, 6.07) is 13.6. The second-order valence-electron chi connectivity index (χ2n) is 11.0. The lowest BCUT2D eigenvalue weighted by atomic mass is 9.66. The van der Waals surface area contributed by atoms with Crippen LogP contribution in [-0.4, -0.2) is 36.7 Å². The number of rotatable bonds is 6. The van der Waals surface area contributed by atoms with E-state index in [1.807, 2.05) is 48.1 Å². The van der Waals surface area contributed by atoms with Crippen molar-refractivity contribution < 1.29 is 13.9 Å². The van der Waals surface area contributed by atoms with E-state index in [9.17, 15) is 13.9 Å². The monoisotopic (exact) mass is 501 g/mol. The van der Waals surface area contributed by atoms with Crippen molar-refractivity contribution in [3.63, 3.8) is 0 Å². The molecule has 1 N–H and O–H groups in total. The second kappa shape index (κ2) is 8.52. The maximum Gasteiger partial charge on any atom is 0.135 e. The molecule has 0 radical (unpaired) electrons. The topological polar surface area (TPSA) is 76.7 Å². The highest BCUT2D eigenvalue weighted by Gasteiger charge is 2.65. The molecule has 0 spiro atoms. The van der Waals surface area contributed by atoms with Crippen LogP contribution in [0.5, 0.6) is 0 Å². The van der Waals surface area contributed by atoms with E-state index in [1.54, 1.807) is 0 Å². The normalized spacial score (nSPS) is 22.3. The lowest BCUT2D eigenvalue weighted by Crippen LogP contribution is -2.37. The van der Waals surface area contributed by atoms with Crippen LogP contribution in [0.1, 0.15) is 56.5 Å². The van der Waals surface area contributed by atoms with Crippen LogP contribution in [0.15, 0.2) is 54.7 Å². The standard InChI is InChI=1S/C29H29F2N5O/c1-17(16-37)15-36-13-11-23(35-36)22-8-5-9-25(32-22)29-12-10-19(28(29,2)3)18-14-24(33-34-27(18)29)26-20(30)6-4-7-21(26)31/h4-9,11,13-14,17,19,37H,10,12,15-16H2,1-3H3/t17-,19-,29-/m0/s1. The van der Waals surface area contributed by atoms with Crippen molar-refractivity contribution in [2.24, 2.45) is 11.3 Å². The molecule has 1 fully saturated rings. The number of hydrogen-bond acceptors (Lipinski definition) is 5. The first-order chi connectivity index (χ1) is 17.8. The van der Waals surface area contributed by atoms with E-state index in [0.29, 0.717) is 6.54 Å². The van der Waals surface area contributed by atoms with Gasteiger partial charge < -0.3 is 5.11 Å². The number of aliphatic hydroxyl groups is 1. The third-order valence-electron chi connectivity index (χ3n) is 8.50. The first-order valence-corrected chi connectivity index (χ1v) is 12.7. The molecule has 2 aliphatic carbocycles. The van der Waals surface area contributed by atoms with Gasteiger partial charge in [-0.2, -0.15) is 10.2 Å². The predicted molar refractivity (Wildman–Crippen MR) is 136 cm³/mol. The number of benzene rings is 1. The Morgan fingerprint density at radius 2 is 1.78 bits per heavy atom. The molecular weight excluding hydrogens is 472 g/mol. The summed E-state index contributed by atoms with van der Waals surface area (Å²) in [5.41, 5.74) is 3.70. The van der Waals surface area contributed by atoms with Crippen LogP contribution in [-0.2, 0) is 12.0 Å². The minimum atomic E-state index is -0.645. The minimum absolute atomic E-state index is 0.105. The van der Waals surface area contributed by atoms with Gasteiger partial charge in [0.2, 0.25) is 0 Å². The Bertz CT molecular complexity index is 1480. The van der Waals surface area contributed by atoms with Gasteiger partial charge in [0.25, 0.3) is 0 Å². The molecule has 3 atom stereocenters. The van der Waals surface area contributed by atoms with Gasteiger partial charge in [-0.05, 0) is 72.1 Å². The molecule has 37 heavy (non-hydrogen) atoms. The van der Waals surface area contributed by atoms with Gasteiger partial charge in [-0.15, -0.1) is 5.10 Å². The van der Waals surface area contributed by atoms with E-state index >= 15 is 0 Å². The summed E-state index contributed by atoms with van der Waals surface area (Å²) in [6.45, 7) is 7.17. The highest BCUT2D eigenvalue weighted by molar-refractivity contribution is 5.64. The molecule has 4 aromatic rings. The van der Waals surface area contributed by atoms with Gasteiger partial charge in [-0.1, -0.05) is 32.9 Å².